The number of hydrogen-bond acceptors (Lipinski definition) is 4. The Kier molecular flexibility index (Phi) is 6.69. The standard InChI is InChI=1S/C30H32F3N5O/c1-20(22-4-2-6-25(16-22)30(31,32)33)36-14-10-26(11-15-36)38-28(21-7-8-21)27(18-35-38)29(39)37-13-9-24(19-37)23-5-3-12-34-17-23/h2-6,12,16-18,21,24,26H,1,7-11,13-15,19H2. The van der Waals surface area contributed by atoms with E-state index < -0.39 is 11.7 Å². The molecule has 0 bridgehead atoms. The molecule has 2 aliphatic heterocycles. The molecule has 1 amide bonds. The third-order valence-corrected chi connectivity index (χ3v) is 8.37. The van der Waals surface area contributed by atoms with Crippen molar-refractivity contribution >= 4 is 11.6 Å². The van der Waals surface area contributed by atoms with Crippen molar-refractivity contribution in [1.29, 1.82) is 0 Å². The molecule has 2 aromatic heterocycles. The number of likely N-dealkylation sites (tertiary alicyclic amines) is 2. The Bertz CT molecular complexity index is 1360. The van der Waals surface area contributed by atoms with E-state index in [4.69, 9.17) is 5.10 Å². The van der Waals surface area contributed by atoms with Crippen LogP contribution in [0.2, 0.25) is 0 Å². The molecule has 0 radical (unpaired) electrons. The maximum absolute atomic E-state index is 13.6. The van der Waals surface area contributed by atoms with E-state index in [9.17, 15) is 18.0 Å². The summed E-state index contributed by atoms with van der Waals surface area (Å²) in [6, 6.07) is 9.52. The van der Waals surface area contributed by atoms with Gasteiger partial charge in [0.2, 0.25) is 0 Å². The normalized spacial score (nSPS) is 20.4. The third-order valence-electron chi connectivity index (χ3n) is 8.37. The Labute approximate surface area is 226 Å². The molecule has 1 atom stereocenters. The molecule has 3 fully saturated rings. The van der Waals surface area contributed by atoms with Crippen LogP contribution in [-0.2, 0) is 6.18 Å². The number of pyridine rings is 1. The summed E-state index contributed by atoms with van der Waals surface area (Å²) >= 11 is 0. The summed E-state index contributed by atoms with van der Waals surface area (Å²) in [5, 5.41) is 4.73. The minimum Gasteiger partial charge on any atom is -0.371 e. The lowest BCUT2D eigenvalue weighted by Gasteiger charge is -2.35. The average Bonchev–Trinajstić information content (AvgIpc) is 3.50. The predicted molar refractivity (Wildman–Crippen MR) is 142 cm³/mol. The molecule has 4 heterocycles. The van der Waals surface area contributed by atoms with Gasteiger partial charge in [-0.3, -0.25) is 14.5 Å². The Morgan fingerprint density at radius 1 is 0.923 bits per heavy atom. The molecular formula is C30H32F3N5O. The fourth-order valence-corrected chi connectivity index (χ4v) is 6.03. The summed E-state index contributed by atoms with van der Waals surface area (Å²) in [6.45, 7) is 6.87. The van der Waals surface area contributed by atoms with Gasteiger partial charge in [0.05, 0.1) is 29.1 Å². The molecule has 9 heteroatoms. The van der Waals surface area contributed by atoms with Gasteiger partial charge >= 0.3 is 6.18 Å². The number of hydrogen-bond donors (Lipinski definition) is 0. The van der Waals surface area contributed by atoms with Gasteiger partial charge in [-0.2, -0.15) is 18.3 Å². The van der Waals surface area contributed by atoms with Gasteiger partial charge in [0, 0.05) is 56.1 Å². The van der Waals surface area contributed by atoms with Crippen molar-refractivity contribution in [3.8, 4) is 0 Å². The van der Waals surface area contributed by atoms with Gasteiger partial charge in [0.1, 0.15) is 0 Å². The smallest absolute Gasteiger partial charge is 0.371 e. The average molecular weight is 536 g/mol. The molecule has 39 heavy (non-hydrogen) atoms. The number of benzene rings is 1. The highest BCUT2D eigenvalue weighted by Gasteiger charge is 2.38. The van der Waals surface area contributed by atoms with Crippen LogP contribution >= 0.6 is 0 Å². The lowest BCUT2D eigenvalue weighted by atomic mass is 10.0. The van der Waals surface area contributed by atoms with Crippen LogP contribution in [0.25, 0.3) is 5.70 Å². The van der Waals surface area contributed by atoms with Crippen LogP contribution in [0.3, 0.4) is 0 Å². The number of rotatable bonds is 6. The van der Waals surface area contributed by atoms with Gasteiger partial charge in [-0.05, 0) is 61.4 Å². The van der Waals surface area contributed by atoms with Crippen LogP contribution in [0.4, 0.5) is 13.2 Å². The zero-order valence-corrected chi connectivity index (χ0v) is 21.8. The van der Waals surface area contributed by atoms with Gasteiger partial charge in [-0.1, -0.05) is 24.8 Å². The quantitative estimate of drug-likeness (QED) is 0.382. The van der Waals surface area contributed by atoms with E-state index in [1.165, 1.54) is 17.7 Å². The summed E-state index contributed by atoms with van der Waals surface area (Å²) in [7, 11) is 0. The fourth-order valence-electron chi connectivity index (χ4n) is 6.03. The lowest BCUT2D eigenvalue weighted by molar-refractivity contribution is -0.137. The number of alkyl halides is 3. The monoisotopic (exact) mass is 535 g/mol. The van der Waals surface area contributed by atoms with E-state index in [2.05, 4.69) is 27.2 Å². The number of carbonyl (C=O) groups excluding carboxylic acids is 1. The first kappa shape index (κ1) is 25.6. The maximum atomic E-state index is 13.6. The largest absolute Gasteiger partial charge is 0.416 e. The van der Waals surface area contributed by atoms with Crippen molar-refractivity contribution < 1.29 is 18.0 Å². The van der Waals surface area contributed by atoms with E-state index >= 15 is 0 Å². The lowest BCUT2D eigenvalue weighted by Crippen LogP contribution is -2.34. The van der Waals surface area contributed by atoms with Crippen LogP contribution in [0.5, 0.6) is 0 Å². The molecule has 0 N–H and O–H groups in total. The van der Waals surface area contributed by atoms with Crippen LogP contribution in [0.1, 0.15) is 82.7 Å². The summed E-state index contributed by atoms with van der Waals surface area (Å²) in [5.74, 6) is 0.725. The maximum Gasteiger partial charge on any atom is 0.416 e. The molecule has 6 nitrogen and oxygen atoms in total. The SMILES string of the molecule is C=C(c1cccc(C(F)(F)F)c1)N1CCC(n2ncc(C(=O)N3CCC(c4cccnc4)C3)c2C2CC2)CC1. The number of aromatic nitrogens is 3. The molecule has 1 aromatic carbocycles. The van der Waals surface area contributed by atoms with Crippen molar-refractivity contribution in [2.24, 2.45) is 0 Å². The highest BCUT2D eigenvalue weighted by Crippen LogP contribution is 2.44. The second kappa shape index (κ2) is 10.2. The van der Waals surface area contributed by atoms with Crippen LogP contribution < -0.4 is 0 Å². The highest BCUT2D eigenvalue weighted by molar-refractivity contribution is 5.95. The molecule has 1 unspecified atom stereocenters. The Morgan fingerprint density at radius 2 is 1.69 bits per heavy atom. The summed E-state index contributed by atoms with van der Waals surface area (Å²) in [4.78, 5) is 21.9. The first-order valence-electron chi connectivity index (χ1n) is 13.7. The van der Waals surface area contributed by atoms with E-state index in [0.29, 0.717) is 42.7 Å². The topological polar surface area (TPSA) is 54.3 Å². The number of amides is 1. The van der Waals surface area contributed by atoms with E-state index in [1.807, 2.05) is 17.2 Å². The van der Waals surface area contributed by atoms with Crippen molar-refractivity contribution in [3.05, 3.63) is 89.5 Å². The zero-order valence-electron chi connectivity index (χ0n) is 21.8. The zero-order chi connectivity index (χ0) is 27.1. The first-order valence-corrected chi connectivity index (χ1v) is 13.7. The predicted octanol–water partition coefficient (Wildman–Crippen LogP) is 6.11. The fraction of sp³-hybridized carbons (Fsp3) is 0.433. The Morgan fingerprint density at radius 3 is 2.38 bits per heavy atom. The molecule has 3 aromatic rings. The third kappa shape index (κ3) is 5.18. The second-order valence-corrected chi connectivity index (χ2v) is 10.9. The van der Waals surface area contributed by atoms with Gasteiger partial charge in [-0.15, -0.1) is 0 Å². The Hall–Kier alpha value is -3.62. The van der Waals surface area contributed by atoms with Gasteiger partial charge in [-0.25, -0.2) is 0 Å². The minimum absolute atomic E-state index is 0.0601. The van der Waals surface area contributed by atoms with Crippen molar-refractivity contribution in [2.45, 2.75) is 56.2 Å². The highest BCUT2D eigenvalue weighted by atomic mass is 19.4. The molecule has 0 spiro atoms. The number of nitrogens with zero attached hydrogens (tertiary/aromatic N) is 5. The molecule has 1 aliphatic carbocycles. The number of halogens is 3. The molecule has 3 aliphatic rings. The van der Waals surface area contributed by atoms with E-state index in [-0.39, 0.29) is 11.9 Å². The van der Waals surface area contributed by atoms with Gasteiger partial charge < -0.3 is 9.80 Å². The van der Waals surface area contributed by atoms with Crippen LogP contribution in [-0.4, -0.2) is 56.7 Å². The molecular weight excluding hydrogens is 503 g/mol. The molecule has 6 rings (SSSR count). The van der Waals surface area contributed by atoms with Crippen molar-refractivity contribution in [1.82, 2.24) is 24.6 Å². The summed E-state index contributed by atoms with van der Waals surface area (Å²) in [5.41, 5.74) is 3.38. The minimum atomic E-state index is -4.38. The second-order valence-electron chi connectivity index (χ2n) is 10.9. The summed E-state index contributed by atoms with van der Waals surface area (Å²) in [6.07, 6.45) is 5.67. The van der Waals surface area contributed by atoms with Crippen LogP contribution in [0.15, 0.2) is 61.6 Å². The Balaban J connectivity index is 1.14. The number of carbonyl (C=O) groups is 1. The molecule has 1 saturated carbocycles. The van der Waals surface area contributed by atoms with E-state index in [0.717, 1.165) is 56.0 Å². The van der Waals surface area contributed by atoms with E-state index in [1.54, 1.807) is 18.5 Å². The molecule has 204 valence electrons. The van der Waals surface area contributed by atoms with Crippen molar-refractivity contribution in [3.63, 3.8) is 0 Å². The molecule has 2 saturated heterocycles. The van der Waals surface area contributed by atoms with Crippen molar-refractivity contribution in [2.75, 3.05) is 26.2 Å². The van der Waals surface area contributed by atoms with Gasteiger partial charge in [0.25, 0.3) is 5.91 Å². The van der Waals surface area contributed by atoms with Crippen LogP contribution in [0, 0.1) is 0 Å². The number of piperidine rings is 1. The first-order chi connectivity index (χ1) is 18.8. The van der Waals surface area contributed by atoms with Gasteiger partial charge in [0.15, 0.2) is 0 Å². The summed E-state index contributed by atoms with van der Waals surface area (Å²) < 4.78 is 41.7.